The lowest BCUT2D eigenvalue weighted by Gasteiger charge is -2.04. The van der Waals surface area contributed by atoms with E-state index in [9.17, 15) is 18.7 Å². The molecule has 0 aliphatic carbocycles. The van der Waals surface area contributed by atoms with Gasteiger partial charge in [-0.05, 0) is 19.1 Å². The standard InChI is InChI=1S/C8H6F2O2/c1-4-6(9)2-5(8(11)12)3-7(4)10/h2-3H,1H3,(H,11,12)/p-1. The first kappa shape index (κ1) is 8.64. The predicted octanol–water partition coefficient (Wildman–Crippen LogP) is 0.637. The Morgan fingerprint density at radius 2 is 1.75 bits per heavy atom. The van der Waals surface area contributed by atoms with Crippen molar-refractivity contribution in [2.24, 2.45) is 0 Å². The number of benzene rings is 1. The van der Waals surface area contributed by atoms with Crippen molar-refractivity contribution < 1.29 is 18.7 Å². The Hall–Kier alpha value is -1.45. The zero-order valence-corrected chi connectivity index (χ0v) is 6.23. The van der Waals surface area contributed by atoms with Crippen LogP contribution in [0.15, 0.2) is 12.1 Å². The van der Waals surface area contributed by atoms with E-state index in [1.54, 1.807) is 0 Å². The number of carboxylic acids is 1. The second-order valence-electron chi connectivity index (χ2n) is 2.35. The Kier molecular flexibility index (Phi) is 2.08. The molecule has 0 saturated heterocycles. The van der Waals surface area contributed by atoms with E-state index in [-0.39, 0.29) is 5.56 Å². The van der Waals surface area contributed by atoms with E-state index in [0.717, 1.165) is 12.1 Å². The first-order valence-corrected chi connectivity index (χ1v) is 3.19. The third-order valence-corrected chi connectivity index (χ3v) is 1.52. The van der Waals surface area contributed by atoms with E-state index in [4.69, 9.17) is 0 Å². The highest BCUT2D eigenvalue weighted by Crippen LogP contribution is 2.13. The van der Waals surface area contributed by atoms with Crippen molar-refractivity contribution >= 4 is 5.97 Å². The largest absolute Gasteiger partial charge is 0.545 e. The van der Waals surface area contributed by atoms with Gasteiger partial charge in [-0.3, -0.25) is 0 Å². The highest BCUT2D eigenvalue weighted by molar-refractivity contribution is 5.85. The second kappa shape index (κ2) is 2.89. The summed E-state index contributed by atoms with van der Waals surface area (Å²) in [4.78, 5) is 10.2. The van der Waals surface area contributed by atoms with Crippen LogP contribution >= 0.6 is 0 Å². The van der Waals surface area contributed by atoms with Crippen molar-refractivity contribution in [3.05, 3.63) is 34.9 Å². The Morgan fingerprint density at radius 1 is 1.33 bits per heavy atom. The van der Waals surface area contributed by atoms with Crippen LogP contribution in [0.25, 0.3) is 0 Å². The van der Waals surface area contributed by atoms with E-state index in [1.165, 1.54) is 6.92 Å². The lowest BCUT2D eigenvalue weighted by molar-refractivity contribution is -0.255. The predicted molar refractivity (Wildman–Crippen MR) is 35.4 cm³/mol. The molecule has 0 atom stereocenters. The summed E-state index contributed by atoms with van der Waals surface area (Å²) in [6.45, 7) is 1.23. The van der Waals surface area contributed by atoms with Gasteiger partial charge in [-0.1, -0.05) is 0 Å². The van der Waals surface area contributed by atoms with Crippen molar-refractivity contribution in [2.45, 2.75) is 6.92 Å². The highest BCUT2D eigenvalue weighted by atomic mass is 19.1. The van der Waals surface area contributed by atoms with Gasteiger partial charge in [-0.2, -0.15) is 0 Å². The lowest BCUT2D eigenvalue weighted by Crippen LogP contribution is -2.22. The molecule has 0 aromatic heterocycles. The number of aromatic carboxylic acids is 1. The first-order valence-electron chi connectivity index (χ1n) is 3.19. The topological polar surface area (TPSA) is 40.1 Å². The molecule has 0 radical (unpaired) electrons. The monoisotopic (exact) mass is 171 g/mol. The quantitative estimate of drug-likeness (QED) is 0.622. The average Bonchev–Trinajstić information content (AvgIpc) is 1.99. The van der Waals surface area contributed by atoms with Crippen LogP contribution in [0.1, 0.15) is 15.9 Å². The number of carbonyl (C=O) groups excluding carboxylic acids is 1. The fourth-order valence-electron chi connectivity index (χ4n) is 0.763. The minimum Gasteiger partial charge on any atom is -0.545 e. The molecule has 0 N–H and O–H groups in total. The molecule has 1 rings (SSSR count). The normalized spacial score (nSPS) is 9.92. The molecular weight excluding hydrogens is 166 g/mol. The summed E-state index contributed by atoms with van der Waals surface area (Å²) in [5.74, 6) is -3.35. The Bertz CT molecular complexity index is 311. The minimum absolute atomic E-state index is 0.194. The van der Waals surface area contributed by atoms with Gasteiger partial charge < -0.3 is 9.90 Å². The smallest absolute Gasteiger partial charge is 0.129 e. The molecule has 0 amide bonds. The van der Waals surface area contributed by atoms with Crippen LogP contribution in [0.3, 0.4) is 0 Å². The van der Waals surface area contributed by atoms with Gasteiger partial charge in [0.2, 0.25) is 0 Å². The fourth-order valence-corrected chi connectivity index (χ4v) is 0.763. The van der Waals surface area contributed by atoms with E-state index in [0.29, 0.717) is 0 Å². The van der Waals surface area contributed by atoms with Crippen LogP contribution in [-0.2, 0) is 0 Å². The van der Waals surface area contributed by atoms with Crippen LogP contribution in [0.2, 0.25) is 0 Å². The summed E-state index contributed by atoms with van der Waals surface area (Å²) in [7, 11) is 0. The number of hydrogen-bond donors (Lipinski definition) is 0. The maximum atomic E-state index is 12.7. The molecule has 0 bridgehead atoms. The SMILES string of the molecule is Cc1c(F)cc(C(=O)[O-])cc1F. The summed E-state index contributed by atoms with van der Waals surface area (Å²) >= 11 is 0. The molecule has 1 aromatic carbocycles. The molecule has 1 aromatic rings. The molecule has 2 nitrogen and oxygen atoms in total. The van der Waals surface area contributed by atoms with Crippen molar-refractivity contribution in [1.82, 2.24) is 0 Å². The van der Waals surface area contributed by atoms with Gasteiger partial charge in [0.1, 0.15) is 11.6 Å². The number of halogens is 2. The van der Waals surface area contributed by atoms with E-state index in [1.807, 2.05) is 0 Å². The van der Waals surface area contributed by atoms with Crippen LogP contribution in [0.5, 0.6) is 0 Å². The van der Waals surface area contributed by atoms with Crippen LogP contribution in [0, 0.1) is 18.6 Å². The summed E-state index contributed by atoms with van der Waals surface area (Å²) < 4.78 is 25.3. The molecule has 4 heteroatoms. The van der Waals surface area contributed by atoms with Gasteiger partial charge >= 0.3 is 0 Å². The third-order valence-electron chi connectivity index (χ3n) is 1.52. The molecule has 0 aliphatic heterocycles. The molecule has 12 heavy (non-hydrogen) atoms. The maximum Gasteiger partial charge on any atom is 0.129 e. The Morgan fingerprint density at radius 3 is 2.08 bits per heavy atom. The van der Waals surface area contributed by atoms with E-state index >= 15 is 0 Å². The zero-order valence-electron chi connectivity index (χ0n) is 6.23. The minimum atomic E-state index is -1.59. The number of rotatable bonds is 1. The van der Waals surface area contributed by atoms with Gasteiger partial charge in [-0.15, -0.1) is 0 Å². The van der Waals surface area contributed by atoms with E-state index < -0.39 is 23.2 Å². The van der Waals surface area contributed by atoms with Crippen LogP contribution in [0.4, 0.5) is 8.78 Å². The van der Waals surface area contributed by atoms with Gasteiger partial charge in [0.15, 0.2) is 0 Å². The second-order valence-corrected chi connectivity index (χ2v) is 2.35. The average molecular weight is 171 g/mol. The third kappa shape index (κ3) is 1.42. The van der Waals surface area contributed by atoms with Crippen molar-refractivity contribution in [3.63, 3.8) is 0 Å². The Balaban J connectivity index is 3.31. The first-order chi connectivity index (χ1) is 5.52. The molecule has 64 valence electrons. The number of hydrogen-bond acceptors (Lipinski definition) is 2. The summed E-state index contributed by atoms with van der Waals surface area (Å²) in [6.07, 6.45) is 0. The summed E-state index contributed by atoms with van der Waals surface area (Å²) in [6, 6.07) is 1.46. The molecule has 0 aliphatic rings. The number of carbonyl (C=O) groups is 1. The van der Waals surface area contributed by atoms with Gasteiger partial charge in [0, 0.05) is 11.1 Å². The van der Waals surface area contributed by atoms with Crippen molar-refractivity contribution in [1.29, 1.82) is 0 Å². The summed E-state index contributed by atoms with van der Waals surface area (Å²) in [5.41, 5.74) is -0.685. The number of carboxylic acid groups (broad SMARTS) is 1. The Labute approximate surface area is 67.4 Å². The van der Waals surface area contributed by atoms with Gasteiger partial charge in [-0.25, -0.2) is 8.78 Å². The highest BCUT2D eigenvalue weighted by Gasteiger charge is 2.06. The molecule has 0 fully saturated rings. The molecule has 0 heterocycles. The van der Waals surface area contributed by atoms with E-state index in [2.05, 4.69) is 0 Å². The van der Waals surface area contributed by atoms with Crippen molar-refractivity contribution in [3.8, 4) is 0 Å². The zero-order chi connectivity index (χ0) is 9.30. The maximum absolute atomic E-state index is 12.7. The molecule has 0 saturated carbocycles. The van der Waals surface area contributed by atoms with Crippen molar-refractivity contribution in [2.75, 3.05) is 0 Å². The van der Waals surface area contributed by atoms with Crippen LogP contribution < -0.4 is 5.11 Å². The molecule has 0 unspecified atom stereocenters. The van der Waals surface area contributed by atoms with Gasteiger partial charge in [0.05, 0.1) is 5.97 Å². The molecular formula is C8H5F2O2-. The molecule has 0 spiro atoms. The lowest BCUT2D eigenvalue weighted by atomic mass is 10.1. The van der Waals surface area contributed by atoms with Gasteiger partial charge in [0.25, 0.3) is 0 Å². The van der Waals surface area contributed by atoms with Crippen LogP contribution in [-0.4, -0.2) is 5.97 Å². The fraction of sp³-hybridized carbons (Fsp3) is 0.125. The summed E-state index contributed by atoms with van der Waals surface area (Å²) in [5, 5.41) is 10.2.